The van der Waals surface area contributed by atoms with Crippen LogP contribution in [-0.4, -0.2) is 26.7 Å². The molecule has 3 nitrogen and oxygen atoms in total. The Bertz CT molecular complexity index is 483. The molecule has 1 fully saturated rings. The third-order valence-electron chi connectivity index (χ3n) is 3.01. The zero-order valence-corrected chi connectivity index (χ0v) is 12.2. The van der Waals surface area contributed by atoms with Gasteiger partial charge in [0.1, 0.15) is 4.99 Å². The molecule has 1 heterocycles. The Kier molecular flexibility index (Phi) is 4.59. The van der Waals surface area contributed by atoms with Crippen LogP contribution in [0.15, 0.2) is 18.2 Å². The molecule has 0 radical (unpaired) electrons. The molecule has 1 saturated heterocycles. The van der Waals surface area contributed by atoms with Crippen LogP contribution in [0, 0.1) is 0 Å². The summed E-state index contributed by atoms with van der Waals surface area (Å²) in [5.41, 5.74) is 7.26. The van der Waals surface area contributed by atoms with Gasteiger partial charge in [0.05, 0.1) is 10.6 Å². The molecule has 0 bridgehead atoms. The van der Waals surface area contributed by atoms with E-state index in [9.17, 15) is 4.21 Å². The van der Waals surface area contributed by atoms with Crippen molar-refractivity contribution in [3.05, 3.63) is 28.8 Å². The van der Waals surface area contributed by atoms with Crippen molar-refractivity contribution in [1.29, 1.82) is 0 Å². The third-order valence-corrected chi connectivity index (χ3v) is 4.91. The van der Waals surface area contributed by atoms with Gasteiger partial charge in [-0.25, -0.2) is 0 Å². The van der Waals surface area contributed by atoms with Crippen molar-refractivity contribution in [2.45, 2.75) is 18.9 Å². The fraction of sp³-hybridized carbons (Fsp3) is 0.417. The molecule has 1 aromatic rings. The van der Waals surface area contributed by atoms with Crippen LogP contribution in [0.25, 0.3) is 0 Å². The van der Waals surface area contributed by atoms with E-state index < -0.39 is 10.8 Å². The van der Waals surface area contributed by atoms with Crippen LogP contribution < -0.4 is 11.1 Å². The fourth-order valence-corrected chi connectivity index (χ4v) is 3.90. The summed E-state index contributed by atoms with van der Waals surface area (Å²) in [4.78, 5) is 0.294. The molecule has 1 aliphatic rings. The summed E-state index contributed by atoms with van der Waals surface area (Å²) in [5, 5.41) is 3.97. The second-order valence-electron chi connectivity index (χ2n) is 4.29. The highest BCUT2D eigenvalue weighted by atomic mass is 35.5. The summed E-state index contributed by atoms with van der Waals surface area (Å²) in [6, 6.07) is 5.88. The van der Waals surface area contributed by atoms with Crippen molar-refractivity contribution in [3.63, 3.8) is 0 Å². The van der Waals surface area contributed by atoms with Crippen molar-refractivity contribution in [3.8, 4) is 0 Å². The molecule has 0 aliphatic carbocycles. The summed E-state index contributed by atoms with van der Waals surface area (Å²) in [6.07, 6.45) is 1.80. The monoisotopic (exact) mass is 302 g/mol. The normalized spacial score (nSPS) is 23.6. The Morgan fingerprint density at radius 2 is 2.11 bits per heavy atom. The molecule has 2 rings (SSSR count). The fourth-order valence-electron chi connectivity index (χ4n) is 2.05. The second-order valence-corrected chi connectivity index (χ2v) is 6.84. The number of nitrogens with one attached hydrogen (secondary N) is 1. The van der Waals surface area contributed by atoms with E-state index in [1.54, 1.807) is 6.07 Å². The van der Waals surface area contributed by atoms with E-state index >= 15 is 0 Å². The number of rotatable bonds is 3. The average Bonchev–Trinajstić information content (AvgIpc) is 2.32. The largest absolute Gasteiger partial charge is 0.389 e. The van der Waals surface area contributed by atoms with E-state index in [0.717, 1.165) is 30.0 Å². The van der Waals surface area contributed by atoms with Gasteiger partial charge < -0.3 is 11.1 Å². The zero-order valence-electron chi connectivity index (χ0n) is 9.82. The lowest BCUT2D eigenvalue weighted by atomic mass is 10.1. The Morgan fingerprint density at radius 3 is 2.72 bits per heavy atom. The van der Waals surface area contributed by atoms with Gasteiger partial charge in [-0.05, 0) is 25.0 Å². The first-order valence-electron chi connectivity index (χ1n) is 5.77. The third kappa shape index (κ3) is 3.22. The smallest absolute Gasteiger partial charge is 0.107 e. The Labute approximate surface area is 120 Å². The zero-order chi connectivity index (χ0) is 13.1. The second kappa shape index (κ2) is 5.99. The van der Waals surface area contributed by atoms with Crippen molar-refractivity contribution < 1.29 is 4.21 Å². The van der Waals surface area contributed by atoms with Crippen LogP contribution in [0.5, 0.6) is 0 Å². The number of anilines is 1. The molecule has 0 unspecified atom stereocenters. The molecule has 3 N–H and O–H groups in total. The van der Waals surface area contributed by atoms with Gasteiger partial charge in [-0.2, -0.15) is 0 Å². The Hall–Kier alpha value is -0.650. The lowest BCUT2D eigenvalue weighted by molar-refractivity contribution is 0.624. The maximum absolute atomic E-state index is 11.3. The van der Waals surface area contributed by atoms with Gasteiger partial charge in [0.15, 0.2) is 0 Å². The first-order valence-corrected chi connectivity index (χ1v) is 8.05. The van der Waals surface area contributed by atoms with Crippen LogP contribution in [0.4, 0.5) is 5.69 Å². The molecule has 1 aromatic carbocycles. The Balaban J connectivity index is 2.16. The minimum absolute atomic E-state index is 0.294. The molecule has 1 aliphatic heterocycles. The molecule has 0 aromatic heterocycles. The van der Waals surface area contributed by atoms with Gasteiger partial charge >= 0.3 is 0 Å². The highest BCUT2D eigenvalue weighted by molar-refractivity contribution is 7.85. The summed E-state index contributed by atoms with van der Waals surface area (Å²) in [5.74, 6) is 1.50. The van der Waals surface area contributed by atoms with E-state index in [1.807, 2.05) is 12.1 Å². The van der Waals surface area contributed by atoms with Crippen LogP contribution >= 0.6 is 23.8 Å². The van der Waals surface area contributed by atoms with Gasteiger partial charge in [0.25, 0.3) is 0 Å². The van der Waals surface area contributed by atoms with E-state index in [-0.39, 0.29) is 0 Å². The van der Waals surface area contributed by atoms with E-state index in [2.05, 4.69) is 5.32 Å². The van der Waals surface area contributed by atoms with Crippen LogP contribution in [0.2, 0.25) is 5.02 Å². The number of benzene rings is 1. The lowest BCUT2D eigenvalue weighted by Crippen LogP contribution is -2.30. The highest BCUT2D eigenvalue weighted by Gasteiger charge is 2.19. The molecule has 0 atom stereocenters. The molecule has 98 valence electrons. The van der Waals surface area contributed by atoms with Gasteiger partial charge in [0, 0.05) is 34.0 Å². The van der Waals surface area contributed by atoms with Crippen molar-refractivity contribution in [2.75, 3.05) is 16.8 Å². The first kappa shape index (κ1) is 13.8. The van der Waals surface area contributed by atoms with Gasteiger partial charge in [0.2, 0.25) is 0 Å². The summed E-state index contributed by atoms with van der Waals surface area (Å²) >= 11 is 11.1. The highest BCUT2D eigenvalue weighted by Crippen LogP contribution is 2.26. The first-order chi connectivity index (χ1) is 8.58. The number of hydrogen-bond acceptors (Lipinski definition) is 3. The van der Waals surface area contributed by atoms with Crippen LogP contribution in [-0.2, 0) is 10.8 Å². The Morgan fingerprint density at radius 1 is 1.44 bits per heavy atom. The van der Waals surface area contributed by atoms with Crippen molar-refractivity contribution in [1.82, 2.24) is 0 Å². The quantitative estimate of drug-likeness (QED) is 0.841. The van der Waals surface area contributed by atoms with Crippen LogP contribution in [0.1, 0.15) is 18.4 Å². The predicted molar refractivity (Wildman–Crippen MR) is 81.9 cm³/mol. The number of halogens is 1. The molecule has 18 heavy (non-hydrogen) atoms. The summed E-state index contributed by atoms with van der Waals surface area (Å²) in [7, 11) is -0.654. The van der Waals surface area contributed by atoms with E-state index in [4.69, 9.17) is 29.6 Å². The maximum atomic E-state index is 11.3. The molecule has 0 amide bonds. The van der Waals surface area contributed by atoms with E-state index in [1.165, 1.54) is 0 Å². The van der Waals surface area contributed by atoms with Crippen molar-refractivity contribution >= 4 is 45.3 Å². The molecular formula is C12H15ClN2OS2. The summed E-state index contributed by atoms with van der Waals surface area (Å²) < 4.78 is 11.3. The molecule has 0 spiro atoms. The number of nitrogens with two attached hydrogens (primary N) is 1. The van der Waals surface area contributed by atoms with E-state index in [0.29, 0.717) is 21.6 Å². The topological polar surface area (TPSA) is 55.1 Å². The standard InChI is InChI=1S/C12H15ClN2OS2/c13-9-2-1-3-10(11(9)12(14)17)15-8-4-6-18(16)7-5-8/h1-3,8,15H,4-7H2,(H2,14,17). The van der Waals surface area contributed by atoms with Crippen LogP contribution in [0.3, 0.4) is 0 Å². The maximum Gasteiger partial charge on any atom is 0.107 e. The molecule has 0 saturated carbocycles. The SMILES string of the molecule is NC(=S)c1c(Cl)cccc1NC1CCS(=O)CC1. The summed E-state index contributed by atoms with van der Waals surface area (Å²) in [6.45, 7) is 0. The van der Waals surface area contributed by atoms with Gasteiger partial charge in [-0.15, -0.1) is 0 Å². The minimum Gasteiger partial charge on any atom is -0.389 e. The minimum atomic E-state index is -0.654. The number of hydrogen-bond donors (Lipinski definition) is 2. The molecule has 6 heteroatoms. The van der Waals surface area contributed by atoms with Gasteiger partial charge in [-0.1, -0.05) is 29.9 Å². The lowest BCUT2D eigenvalue weighted by Gasteiger charge is -2.25. The molecular weight excluding hydrogens is 288 g/mol. The number of thiocarbonyl (C=S) groups is 1. The van der Waals surface area contributed by atoms with Gasteiger partial charge in [-0.3, -0.25) is 4.21 Å². The van der Waals surface area contributed by atoms with Crippen molar-refractivity contribution in [2.24, 2.45) is 5.73 Å². The average molecular weight is 303 g/mol. The predicted octanol–water partition coefficient (Wildman–Crippen LogP) is 2.30.